The van der Waals surface area contributed by atoms with Crippen LogP contribution in [0.2, 0.25) is 0 Å². The molecule has 0 bridgehead atoms. The summed E-state index contributed by atoms with van der Waals surface area (Å²) in [6.07, 6.45) is 9.64. The van der Waals surface area contributed by atoms with E-state index in [0.717, 1.165) is 44.9 Å². The zero-order valence-corrected chi connectivity index (χ0v) is 41.1. The number of rotatable bonds is 33. The minimum atomic E-state index is -4.87. The molecule has 2 N–H and O–H groups in total. The fourth-order valence-electron chi connectivity index (χ4n) is 7.32. The van der Waals surface area contributed by atoms with Gasteiger partial charge in [-0.1, -0.05) is 188 Å². The minimum Gasteiger partial charge on any atom is -0.462 e. The number of ether oxygens (including phenoxy) is 4. The summed E-state index contributed by atoms with van der Waals surface area (Å²) in [6, 6.07) is 14.0. The van der Waals surface area contributed by atoms with Crippen LogP contribution in [0.5, 0.6) is 11.5 Å². The molecule has 0 spiro atoms. The lowest BCUT2D eigenvalue weighted by Gasteiger charge is -2.43. The lowest BCUT2D eigenvalue weighted by Crippen LogP contribution is -2.65. The molecule has 1 heterocycles. The Morgan fingerprint density at radius 2 is 1.23 bits per heavy atom. The monoisotopic (exact) mass is 995 g/mol. The number of nitrogens with one attached hydrogen (secondary N) is 1. The average Bonchev–Trinajstić information content (AvgIpc) is 3.26. The third kappa shape index (κ3) is 24.1. The van der Waals surface area contributed by atoms with Gasteiger partial charge in [0.1, 0.15) is 49.1 Å². The Labute approximate surface area is 400 Å². The van der Waals surface area contributed by atoms with Crippen molar-refractivity contribution < 1.29 is 61.0 Å². The Kier molecular flexibility index (Phi) is 27.8. The number of phosphoric acid groups is 1. The molecule has 6 atom stereocenters. The largest absolute Gasteiger partial charge is 0.588 e. The number of carbonyl (C=O) groups is 3. The molecule has 1 saturated heterocycles. The molecule has 0 radical (unpaired) electrons. The van der Waals surface area contributed by atoms with E-state index in [1.54, 1.807) is 36.4 Å². The summed E-state index contributed by atoms with van der Waals surface area (Å²) in [5, 5.41) is 13.5. The number of amides is 1. The SMILES string of the molecule is CCCCCCCCCCCC(=O)O[C@H](CCCCCCCCCCC)CC(=O)O[C@@H]1[C@@H](NC(=O)OCC(Cl)(Cl)Cl)[C@@H](O)O[C@H](CF)[C@H]1OP(=O)(Oc1ccccc1)Oc1ccccc1. The van der Waals surface area contributed by atoms with Gasteiger partial charge in [-0.05, 0) is 43.5 Å². The van der Waals surface area contributed by atoms with Gasteiger partial charge in [0.25, 0.3) is 0 Å². The van der Waals surface area contributed by atoms with Crippen molar-refractivity contribution in [3.63, 3.8) is 0 Å². The molecule has 1 amide bonds. The van der Waals surface area contributed by atoms with E-state index in [2.05, 4.69) is 19.2 Å². The van der Waals surface area contributed by atoms with Crippen molar-refractivity contribution in [3.8, 4) is 11.5 Å². The molecule has 0 unspecified atom stereocenters. The molecule has 13 nitrogen and oxygen atoms in total. The first-order valence-electron chi connectivity index (χ1n) is 23.3. The van der Waals surface area contributed by atoms with Gasteiger partial charge >= 0.3 is 25.9 Å². The first-order chi connectivity index (χ1) is 31.3. The van der Waals surface area contributed by atoms with Gasteiger partial charge in [-0.3, -0.25) is 14.1 Å². The summed E-state index contributed by atoms with van der Waals surface area (Å²) < 4.78 is 67.4. The van der Waals surface area contributed by atoms with Crippen molar-refractivity contribution in [2.45, 2.75) is 189 Å². The molecule has 3 rings (SSSR count). The fourth-order valence-corrected chi connectivity index (χ4v) is 8.92. The van der Waals surface area contributed by atoms with Gasteiger partial charge in [0, 0.05) is 6.42 Å². The Bertz CT molecular complexity index is 1620. The Balaban J connectivity index is 1.86. The van der Waals surface area contributed by atoms with Crippen LogP contribution in [0.3, 0.4) is 0 Å². The van der Waals surface area contributed by atoms with Crippen LogP contribution >= 0.6 is 42.6 Å². The molecule has 0 aromatic heterocycles. The molecular weight excluding hydrogens is 927 g/mol. The summed E-state index contributed by atoms with van der Waals surface area (Å²) >= 11 is 17.3. The van der Waals surface area contributed by atoms with Crippen LogP contribution in [0, 0.1) is 0 Å². The Morgan fingerprint density at radius 1 is 0.738 bits per heavy atom. The number of alkyl carbamates (subject to hydrolysis) is 1. The number of carbonyl (C=O) groups excluding carboxylic acids is 3. The third-order valence-electron chi connectivity index (χ3n) is 10.7. The first-order valence-corrected chi connectivity index (χ1v) is 25.9. The molecule has 368 valence electrons. The van der Waals surface area contributed by atoms with Crippen LogP contribution < -0.4 is 14.4 Å². The molecule has 0 aliphatic carbocycles. The number of unbranched alkanes of at least 4 members (excludes halogenated alkanes) is 16. The van der Waals surface area contributed by atoms with Crippen molar-refractivity contribution in [1.29, 1.82) is 0 Å². The molecule has 2 aromatic carbocycles. The molecule has 1 aliphatic rings. The standard InChI is InChI=1S/C47H70Cl3FNO12P/c1-3-5-7-9-11-13-15-17-21-31-38(59-40(53)32-26-18-16-14-12-10-8-6-4-2)33-41(54)61-44-42(52-46(56)58-35-47(48,49)50)45(55)60-39(34-51)43(44)64-65(57,62-36-27-22-19-23-28-36)63-37-29-24-20-25-30-37/h19-20,22-25,27-30,38-39,42-45,55H,3-18,21,26,31-35H2,1-2H3,(H,52,56)/t38-,39-,42-,43-,44-,45+/m1/s1. The van der Waals surface area contributed by atoms with Crippen molar-refractivity contribution in [3.05, 3.63) is 60.7 Å². The maximum absolute atomic E-state index is 14.9. The lowest BCUT2D eigenvalue weighted by molar-refractivity contribution is -0.251. The molecular formula is C47H70Cl3FNO12P. The summed E-state index contributed by atoms with van der Waals surface area (Å²) in [5.74, 6) is -1.32. The van der Waals surface area contributed by atoms with Crippen molar-refractivity contribution in [2.24, 2.45) is 0 Å². The molecule has 1 aliphatic heterocycles. The molecule has 65 heavy (non-hydrogen) atoms. The van der Waals surface area contributed by atoms with Crippen LogP contribution in [0.25, 0.3) is 0 Å². The zero-order valence-electron chi connectivity index (χ0n) is 37.9. The zero-order chi connectivity index (χ0) is 47.3. The quantitative estimate of drug-likeness (QED) is 0.0229. The number of alkyl halides is 4. The van der Waals surface area contributed by atoms with E-state index in [9.17, 15) is 28.4 Å². The highest BCUT2D eigenvalue weighted by Crippen LogP contribution is 2.52. The van der Waals surface area contributed by atoms with Crippen LogP contribution in [0.4, 0.5) is 9.18 Å². The highest BCUT2D eigenvalue weighted by molar-refractivity contribution is 7.49. The highest BCUT2D eigenvalue weighted by Gasteiger charge is 2.53. The topological polar surface area (TPSA) is 165 Å². The van der Waals surface area contributed by atoms with Crippen molar-refractivity contribution in [2.75, 3.05) is 13.3 Å². The Hall–Kier alpha value is -2.84. The van der Waals surface area contributed by atoms with Crippen LogP contribution in [0.1, 0.15) is 149 Å². The van der Waals surface area contributed by atoms with E-state index in [1.165, 1.54) is 82.1 Å². The van der Waals surface area contributed by atoms with Crippen LogP contribution in [-0.4, -0.2) is 77.0 Å². The van der Waals surface area contributed by atoms with Gasteiger partial charge in [-0.2, -0.15) is 0 Å². The summed E-state index contributed by atoms with van der Waals surface area (Å²) in [4.78, 5) is 40.3. The van der Waals surface area contributed by atoms with Crippen molar-refractivity contribution >= 4 is 60.7 Å². The molecule has 18 heteroatoms. The summed E-state index contributed by atoms with van der Waals surface area (Å²) in [7, 11) is -4.87. The predicted molar refractivity (Wildman–Crippen MR) is 250 cm³/mol. The number of hydrogen-bond donors (Lipinski definition) is 2. The smallest absolute Gasteiger partial charge is 0.462 e. The van der Waals surface area contributed by atoms with E-state index < -0.39 is 86.1 Å². The Morgan fingerprint density at radius 3 is 1.72 bits per heavy atom. The number of halogens is 4. The normalized spacial score (nSPS) is 19.2. The number of para-hydroxylation sites is 2. The average molecular weight is 997 g/mol. The van der Waals surface area contributed by atoms with Gasteiger partial charge in [0.15, 0.2) is 12.4 Å². The second-order valence-corrected chi connectivity index (χ2v) is 20.4. The maximum atomic E-state index is 14.9. The minimum absolute atomic E-state index is 0.0439. The van der Waals surface area contributed by atoms with Gasteiger partial charge in [-0.15, -0.1) is 0 Å². The number of esters is 2. The second-order valence-electron chi connectivity index (χ2n) is 16.4. The van der Waals surface area contributed by atoms with Gasteiger partial charge in [0.05, 0.1) is 6.42 Å². The number of phosphoric ester groups is 1. The lowest BCUT2D eigenvalue weighted by atomic mass is 9.97. The van der Waals surface area contributed by atoms with Crippen LogP contribution in [0.15, 0.2) is 60.7 Å². The van der Waals surface area contributed by atoms with Gasteiger partial charge in [0.2, 0.25) is 3.79 Å². The van der Waals surface area contributed by atoms with Crippen molar-refractivity contribution in [1.82, 2.24) is 5.32 Å². The summed E-state index contributed by atoms with van der Waals surface area (Å²) in [5.41, 5.74) is 0. The highest BCUT2D eigenvalue weighted by atomic mass is 35.6. The molecule has 2 aromatic rings. The number of aliphatic hydroxyl groups is 1. The van der Waals surface area contributed by atoms with E-state index in [0.29, 0.717) is 19.3 Å². The number of benzene rings is 2. The third-order valence-corrected chi connectivity index (χ3v) is 12.4. The fraction of sp³-hybridized carbons (Fsp3) is 0.681. The van der Waals surface area contributed by atoms with Gasteiger partial charge < -0.3 is 38.4 Å². The predicted octanol–water partition coefficient (Wildman–Crippen LogP) is 12.8. The molecule has 1 fully saturated rings. The van der Waals surface area contributed by atoms with E-state index in [1.807, 2.05) is 0 Å². The number of aliphatic hydroxyl groups excluding tert-OH is 1. The van der Waals surface area contributed by atoms with E-state index in [-0.39, 0.29) is 17.9 Å². The summed E-state index contributed by atoms with van der Waals surface area (Å²) in [6.45, 7) is 2.30. The van der Waals surface area contributed by atoms with Gasteiger partial charge in [-0.25, -0.2) is 13.8 Å². The van der Waals surface area contributed by atoms with E-state index >= 15 is 0 Å². The maximum Gasteiger partial charge on any atom is 0.588 e. The first kappa shape index (κ1) is 56.5. The second kappa shape index (κ2) is 32.0. The van der Waals surface area contributed by atoms with E-state index in [4.69, 9.17) is 67.3 Å². The molecule has 0 saturated carbocycles. The number of hydrogen-bond acceptors (Lipinski definition) is 12. The van der Waals surface area contributed by atoms with Crippen LogP contribution in [-0.2, 0) is 37.6 Å².